The number of piperidine rings is 1. The Morgan fingerprint density at radius 2 is 2.22 bits per heavy atom. The highest BCUT2D eigenvalue weighted by Gasteiger charge is 2.15. The largest absolute Gasteiger partial charge is 0.333 e. The maximum atomic E-state index is 4.27. The molecule has 0 aliphatic carbocycles. The van der Waals surface area contributed by atoms with Crippen LogP contribution in [0.5, 0.6) is 0 Å². The molecule has 1 aromatic heterocycles. The fourth-order valence-electron chi connectivity index (χ4n) is 2.77. The number of nitrogens with one attached hydrogen (secondary N) is 1. The van der Waals surface area contributed by atoms with Crippen LogP contribution in [-0.4, -0.2) is 41.1 Å². The molecule has 0 atom stereocenters. The Morgan fingerprint density at radius 3 is 2.94 bits per heavy atom. The Hall–Kier alpha value is -0.870. The molecule has 4 heteroatoms. The molecule has 1 aliphatic heterocycles. The van der Waals surface area contributed by atoms with E-state index in [-0.39, 0.29) is 0 Å². The van der Waals surface area contributed by atoms with Crippen LogP contribution < -0.4 is 5.32 Å². The molecule has 18 heavy (non-hydrogen) atoms. The molecule has 1 aliphatic rings. The second kappa shape index (κ2) is 6.90. The monoisotopic (exact) mass is 250 g/mol. The molecule has 1 N–H and O–H groups in total. The third-order valence-corrected chi connectivity index (χ3v) is 3.72. The summed E-state index contributed by atoms with van der Waals surface area (Å²) in [5, 5.41) is 3.43. The lowest BCUT2D eigenvalue weighted by atomic mass is 9.98. The highest BCUT2D eigenvalue weighted by molar-refractivity contribution is 4.98. The van der Waals surface area contributed by atoms with Gasteiger partial charge < -0.3 is 14.8 Å². The number of imidazole rings is 1. The zero-order valence-electron chi connectivity index (χ0n) is 11.7. The predicted octanol–water partition coefficient (Wildman–Crippen LogP) is 1.72. The number of hydrogen-bond donors (Lipinski definition) is 1. The Bertz CT molecular complexity index is 341. The molecule has 1 fully saturated rings. The van der Waals surface area contributed by atoms with Gasteiger partial charge in [-0.1, -0.05) is 6.92 Å². The summed E-state index contributed by atoms with van der Waals surface area (Å²) in [6.07, 6.45) is 7.77. The van der Waals surface area contributed by atoms with Crippen molar-refractivity contribution in [2.75, 3.05) is 26.7 Å². The van der Waals surface area contributed by atoms with Crippen molar-refractivity contribution in [3.63, 3.8) is 0 Å². The van der Waals surface area contributed by atoms with Crippen molar-refractivity contribution >= 4 is 0 Å². The molecule has 102 valence electrons. The minimum absolute atomic E-state index is 0.860. The van der Waals surface area contributed by atoms with Gasteiger partial charge in [0.2, 0.25) is 0 Å². The van der Waals surface area contributed by atoms with Crippen molar-refractivity contribution in [1.82, 2.24) is 19.8 Å². The first-order valence-corrected chi connectivity index (χ1v) is 7.18. The molecule has 2 heterocycles. The average Bonchev–Trinajstić information content (AvgIpc) is 2.78. The number of aromatic nitrogens is 2. The Morgan fingerprint density at radius 1 is 1.44 bits per heavy atom. The average molecular weight is 250 g/mol. The van der Waals surface area contributed by atoms with Crippen molar-refractivity contribution in [1.29, 1.82) is 0 Å². The molecule has 0 bridgehead atoms. The smallest absolute Gasteiger partial charge is 0.0948 e. The molecule has 0 saturated carbocycles. The van der Waals surface area contributed by atoms with Crippen LogP contribution in [0.25, 0.3) is 0 Å². The lowest BCUT2D eigenvalue weighted by Crippen LogP contribution is -2.34. The first kappa shape index (κ1) is 13.6. The van der Waals surface area contributed by atoms with E-state index >= 15 is 0 Å². The minimum Gasteiger partial charge on any atom is -0.333 e. The second-order valence-corrected chi connectivity index (χ2v) is 5.47. The summed E-state index contributed by atoms with van der Waals surface area (Å²) in [5.74, 6) is 0.860. The Balaban J connectivity index is 1.82. The quantitative estimate of drug-likeness (QED) is 0.834. The first-order chi connectivity index (χ1) is 8.79. The minimum atomic E-state index is 0.860. The van der Waals surface area contributed by atoms with Crippen LogP contribution in [0.4, 0.5) is 0 Å². The number of aryl methyl sites for hydroxylation is 1. The predicted molar refractivity (Wildman–Crippen MR) is 74.4 cm³/mol. The zero-order chi connectivity index (χ0) is 12.8. The van der Waals surface area contributed by atoms with Crippen LogP contribution in [0.15, 0.2) is 12.5 Å². The van der Waals surface area contributed by atoms with E-state index in [1.165, 1.54) is 44.6 Å². The second-order valence-electron chi connectivity index (χ2n) is 5.47. The molecule has 1 aromatic rings. The summed E-state index contributed by atoms with van der Waals surface area (Å²) >= 11 is 0. The van der Waals surface area contributed by atoms with Gasteiger partial charge in [-0.15, -0.1) is 0 Å². The summed E-state index contributed by atoms with van der Waals surface area (Å²) in [6.45, 7) is 7.89. The fourth-order valence-corrected chi connectivity index (χ4v) is 2.77. The molecular formula is C14H26N4. The highest BCUT2D eigenvalue weighted by atomic mass is 15.1. The van der Waals surface area contributed by atoms with E-state index in [2.05, 4.69) is 33.7 Å². The number of nitrogens with zero attached hydrogens (tertiary/aromatic N) is 3. The van der Waals surface area contributed by atoms with E-state index in [1.807, 2.05) is 12.5 Å². The summed E-state index contributed by atoms with van der Waals surface area (Å²) < 4.78 is 2.28. The van der Waals surface area contributed by atoms with Gasteiger partial charge in [0.1, 0.15) is 0 Å². The van der Waals surface area contributed by atoms with Gasteiger partial charge in [-0.25, -0.2) is 4.98 Å². The summed E-state index contributed by atoms with van der Waals surface area (Å²) in [4.78, 5) is 6.71. The van der Waals surface area contributed by atoms with E-state index < -0.39 is 0 Å². The van der Waals surface area contributed by atoms with Crippen LogP contribution >= 0.6 is 0 Å². The van der Waals surface area contributed by atoms with Crippen LogP contribution in [0.3, 0.4) is 0 Å². The van der Waals surface area contributed by atoms with Crippen molar-refractivity contribution in [3.05, 3.63) is 18.2 Å². The lowest BCUT2D eigenvalue weighted by Gasteiger charge is -2.27. The highest BCUT2D eigenvalue weighted by Crippen LogP contribution is 2.14. The van der Waals surface area contributed by atoms with Gasteiger partial charge in [-0.3, -0.25) is 0 Å². The summed E-state index contributed by atoms with van der Waals surface area (Å²) in [5.41, 5.74) is 1.34. The van der Waals surface area contributed by atoms with Crippen molar-refractivity contribution in [3.8, 4) is 0 Å². The van der Waals surface area contributed by atoms with Gasteiger partial charge in [0.15, 0.2) is 0 Å². The van der Waals surface area contributed by atoms with Crippen molar-refractivity contribution in [2.24, 2.45) is 5.92 Å². The Labute approximate surface area is 110 Å². The fraction of sp³-hybridized carbons (Fsp3) is 0.786. The normalized spacial score (nSPS) is 17.5. The van der Waals surface area contributed by atoms with Gasteiger partial charge in [0.05, 0.1) is 12.0 Å². The maximum Gasteiger partial charge on any atom is 0.0948 e. The molecular weight excluding hydrogens is 224 g/mol. The van der Waals surface area contributed by atoms with E-state index in [0.717, 1.165) is 19.0 Å². The third kappa shape index (κ3) is 3.82. The van der Waals surface area contributed by atoms with Gasteiger partial charge in [0.25, 0.3) is 0 Å². The zero-order valence-corrected chi connectivity index (χ0v) is 11.7. The van der Waals surface area contributed by atoms with Gasteiger partial charge in [0, 0.05) is 25.8 Å². The maximum absolute atomic E-state index is 4.27. The molecule has 0 radical (unpaired) electrons. The van der Waals surface area contributed by atoms with E-state index in [1.54, 1.807) is 0 Å². The van der Waals surface area contributed by atoms with Crippen LogP contribution in [0.1, 0.15) is 31.9 Å². The summed E-state index contributed by atoms with van der Waals surface area (Å²) in [6, 6.07) is 0. The van der Waals surface area contributed by atoms with E-state index in [4.69, 9.17) is 0 Å². The van der Waals surface area contributed by atoms with Gasteiger partial charge >= 0.3 is 0 Å². The molecule has 0 amide bonds. The molecule has 2 rings (SSSR count). The van der Waals surface area contributed by atoms with E-state index in [0.29, 0.717) is 0 Å². The van der Waals surface area contributed by atoms with Crippen LogP contribution in [-0.2, 0) is 13.1 Å². The van der Waals surface area contributed by atoms with Crippen LogP contribution in [0.2, 0.25) is 0 Å². The SMILES string of the molecule is CCCn1cncc1CN(C)CC1CCNCC1. The Kier molecular flexibility index (Phi) is 5.20. The summed E-state index contributed by atoms with van der Waals surface area (Å²) in [7, 11) is 2.23. The van der Waals surface area contributed by atoms with Crippen molar-refractivity contribution in [2.45, 2.75) is 39.3 Å². The molecule has 4 nitrogen and oxygen atoms in total. The first-order valence-electron chi connectivity index (χ1n) is 7.18. The number of hydrogen-bond acceptors (Lipinski definition) is 3. The third-order valence-electron chi connectivity index (χ3n) is 3.72. The molecule has 0 aromatic carbocycles. The topological polar surface area (TPSA) is 33.1 Å². The van der Waals surface area contributed by atoms with Crippen molar-refractivity contribution < 1.29 is 0 Å². The number of rotatable bonds is 6. The van der Waals surface area contributed by atoms with Gasteiger partial charge in [-0.05, 0) is 45.3 Å². The molecule has 1 saturated heterocycles. The lowest BCUT2D eigenvalue weighted by molar-refractivity contribution is 0.230. The van der Waals surface area contributed by atoms with E-state index in [9.17, 15) is 0 Å². The molecule has 0 spiro atoms. The standard InChI is InChI=1S/C14H26N4/c1-3-8-18-12-16-9-14(18)11-17(2)10-13-4-6-15-7-5-13/h9,12-13,15H,3-8,10-11H2,1-2H3. The van der Waals surface area contributed by atoms with Gasteiger partial charge in [-0.2, -0.15) is 0 Å². The molecule has 0 unspecified atom stereocenters. The van der Waals surface area contributed by atoms with Crippen LogP contribution in [0, 0.1) is 5.92 Å².